The van der Waals surface area contributed by atoms with E-state index in [-0.39, 0.29) is 55.5 Å². The Morgan fingerprint density at radius 2 is 1.40 bits per heavy atom. The number of hydrogen-bond donors (Lipinski definition) is 12. The quantitative estimate of drug-likeness (QED) is 0.0541. The first-order valence-electron chi connectivity index (χ1n) is 22.1. The maximum Gasteiger partial charge on any atom is 0.246 e. The lowest BCUT2D eigenvalue weighted by Gasteiger charge is -2.31. The molecule has 0 radical (unpaired) electrons. The topological polar surface area (TPSA) is 382 Å². The number of carbonyl (C=O) groups excluding carboxylic acids is 10. The van der Waals surface area contributed by atoms with Gasteiger partial charge in [-0.1, -0.05) is 67.8 Å². The van der Waals surface area contributed by atoms with Gasteiger partial charge in [-0.2, -0.15) is 0 Å². The highest BCUT2D eigenvalue weighted by Crippen LogP contribution is 2.26. The molecule has 2 aliphatic rings. The van der Waals surface area contributed by atoms with Crippen LogP contribution in [0.4, 0.5) is 0 Å². The number of amides is 10. The largest absolute Gasteiger partial charge is 0.508 e. The maximum absolute atomic E-state index is 14.4. The van der Waals surface area contributed by atoms with Crippen LogP contribution in [-0.2, 0) is 54.4 Å². The van der Waals surface area contributed by atoms with E-state index in [0.717, 1.165) is 21.6 Å². The Balaban J connectivity index is 2.05. The molecule has 16 N–H and O–H groups in total. The van der Waals surface area contributed by atoms with Gasteiger partial charge >= 0.3 is 0 Å². The highest BCUT2D eigenvalue weighted by atomic mass is 33.1. The first kappa shape index (κ1) is 55.7. The first-order chi connectivity index (χ1) is 31.6. The van der Waals surface area contributed by atoms with E-state index in [1.807, 2.05) is 13.8 Å². The van der Waals surface area contributed by atoms with Crippen molar-refractivity contribution < 1.29 is 53.1 Å². The highest BCUT2D eigenvalue weighted by molar-refractivity contribution is 8.76. The number of carbonyl (C=O) groups is 10. The number of likely N-dealkylation sites (tertiary alicyclic amines) is 1. The van der Waals surface area contributed by atoms with Gasteiger partial charge in [0.1, 0.15) is 42.0 Å². The van der Waals surface area contributed by atoms with Crippen LogP contribution in [0.25, 0.3) is 0 Å². The molecular weight excluding hydrogens is 913 g/mol. The van der Waals surface area contributed by atoms with Gasteiger partial charge in [0.2, 0.25) is 59.1 Å². The summed E-state index contributed by atoms with van der Waals surface area (Å²) in [6.07, 6.45) is -0.852. The molecule has 1 aromatic rings. The zero-order valence-electron chi connectivity index (χ0n) is 38.2. The molecule has 0 spiro atoms. The van der Waals surface area contributed by atoms with Crippen LogP contribution in [0.3, 0.4) is 0 Å². The van der Waals surface area contributed by atoms with Gasteiger partial charge in [-0.25, -0.2) is 0 Å². The fourth-order valence-corrected chi connectivity index (χ4v) is 9.51. The Labute approximate surface area is 397 Å². The summed E-state index contributed by atoms with van der Waals surface area (Å²) in [5.74, 6) is -8.91. The molecule has 10 amide bonds. The SMILES string of the molecule is CC[C@@H](C)[C@H]1NC(=O)[C@@H](Cc2ccc(O)cc2)NC(=O)[C@H](N)CSSC[C@H](C(=O)N2CCC[C@@H]2C(=O)N[C@H](CC(C)C)NCC(N)=O)NC(=O)[C@@H](CC(N)=O)NC(=O)[C@@H](CCC(N)=O)NC1=O. The van der Waals surface area contributed by atoms with Crippen molar-refractivity contribution in [2.75, 3.05) is 24.6 Å². The number of hydrogen-bond acceptors (Lipinski definition) is 15. The van der Waals surface area contributed by atoms with Crippen LogP contribution in [0.2, 0.25) is 0 Å². The molecule has 2 saturated heterocycles. The van der Waals surface area contributed by atoms with Crippen molar-refractivity contribution in [3.05, 3.63) is 29.8 Å². The number of phenolic OH excluding ortho intramolecular Hbond substituents is 1. The summed E-state index contributed by atoms with van der Waals surface area (Å²) in [5, 5.41) is 28.5. The van der Waals surface area contributed by atoms with E-state index >= 15 is 0 Å². The number of aromatic hydroxyl groups is 1. The Hall–Kier alpha value is -5.66. The van der Waals surface area contributed by atoms with Crippen LogP contribution in [0.5, 0.6) is 5.75 Å². The summed E-state index contributed by atoms with van der Waals surface area (Å²) < 4.78 is 0. The zero-order chi connectivity index (χ0) is 50.0. The second-order valence-corrected chi connectivity index (χ2v) is 19.6. The minimum Gasteiger partial charge on any atom is -0.508 e. The molecule has 3 rings (SSSR count). The van der Waals surface area contributed by atoms with Crippen molar-refractivity contribution in [1.82, 2.24) is 42.1 Å². The number of benzene rings is 1. The summed E-state index contributed by atoms with van der Waals surface area (Å²) in [7, 11) is 2.11. The van der Waals surface area contributed by atoms with Gasteiger partial charge in [-0.05, 0) is 55.2 Å². The molecule has 2 aliphatic heterocycles. The molecule has 1 aromatic carbocycles. The van der Waals surface area contributed by atoms with Crippen LogP contribution < -0.4 is 60.2 Å². The van der Waals surface area contributed by atoms with Crippen molar-refractivity contribution in [2.45, 2.75) is 128 Å². The van der Waals surface area contributed by atoms with Crippen LogP contribution in [0, 0.1) is 11.8 Å². The molecule has 2 heterocycles. The molecule has 0 unspecified atom stereocenters. The van der Waals surface area contributed by atoms with Crippen LogP contribution in [0.1, 0.15) is 78.2 Å². The predicted molar refractivity (Wildman–Crippen MR) is 249 cm³/mol. The highest BCUT2D eigenvalue weighted by Gasteiger charge is 2.40. The lowest BCUT2D eigenvalue weighted by Crippen LogP contribution is -2.61. The molecule has 0 bridgehead atoms. The molecule has 25 heteroatoms. The third-order valence-corrected chi connectivity index (χ3v) is 13.5. The van der Waals surface area contributed by atoms with E-state index in [1.165, 1.54) is 17.0 Å². The molecule has 2 fully saturated rings. The minimum absolute atomic E-state index is 0.0369. The van der Waals surface area contributed by atoms with Crippen LogP contribution in [0.15, 0.2) is 24.3 Å². The number of primary amides is 3. The third kappa shape index (κ3) is 18.5. The average molecular weight is 979 g/mol. The Bertz CT molecular complexity index is 1950. The number of rotatable bonds is 17. The summed E-state index contributed by atoms with van der Waals surface area (Å²) in [6.45, 7) is 7.15. The standard InChI is InChI=1S/C42H66N12O11S2/c1-5-22(4)35-41(64)48-26(12-13-31(44)56)37(60)50-28(17-32(45)57)38(61)51-29(42(65)54-14-6-7-30(54)40(63)52-34(15-21(2)3)47-18-33(46)58)20-67-66-19-25(43)36(59)49-27(39(62)53-35)16-23-8-10-24(55)11-9-23/h8-11,21-22,25-30,34-35,47,55H,5-7,12-20,43H2,1-4H3,(H2,44,56)(H2,45,57)(H2,46,58)(H,48,64)(H,49,59)(H,50,60)(H,51,61)(H,52,63)(H,53,62)/t22-,25-,26-,27-,28-,29-,30-,34-,35-/m1/s1. The van der Waals surface area contributed by atoms with Crippen molar-refractivity contribution in [1.29, 1.82) is 0 Å². The summed E-state index contributed by atoms with van der Waals surface area (Å²) in [5.41, 5.74) is 23.1. The van der Waals surface area contributed by atoms with Crippen molar-refractivity contribution in [3.8, 4) is 5.75 Å². The third-order valence-electron chi connectivity index (χ3n) is 11.1. The molecule has 9 atom stereocenters. The van der Waals surface area contributed by atoms with E-state index in [1.54, 1.807) is 26.0 Å². The first-order valence-corrected chi connectivity index (χ1v) is 24.6. The predicted octanol–water partition coefficient (Wildman–Crippen LogP) is -3.18. The summed E-state index contributed by atoms with van der Waals surface area (Å²) >= 11 is 0. The number of nitrogens with two attached hydrogens (primary N) is 4. The Kier molecular flexibility index (Phi) is 22.6. The molecule has 372 valence electrons. The van der Waals surface area contributed by atoms with Crippen LogP contribution >= 0.6 is 21.6 Å². The van der Waals surface area contributed by atoms with Crippen molar-refractivity contribution in [3.63, 3.8) is 0 Å². The van der Waals surface area contributed by atoms with Gasteiger partial charge in [-0.3, -0.25) is 53.3 Å². The molecule has 0 saturated carbocycles. The lowest BCUT2D eigenvalue weighted by atomic mass is 9.96. The van der Waals surface area contributed by atoms with Gasteiger partial charge in [-0.15, -0.1) is 0 Å². The average Bonchev–Trinajstić information content (AvgIpc) is 3.76. The number of phenols is 1. The second-order valence-electron chi connectivity index (χ2n) is 17.1. The molecular formula is C42H66N12O11S2. The molecule has 23 nitrogen and oxygen atoms in total. The smallest absolute Gasteiger partial charge is 0.246 e. The molecule has 0 aliphatic carbocycles. The lowest BCUT2D eigenvalue weighted by molar-refractivity contribution is -0.142. The number of nitrogens with zero attached hydrogens (tertiary/aromatic N) is 1. The normalized spacial score (nSPS) is 24.8. The van der Waals surface area contributed by atoms with Gasteiger partial charge in [0.05, 0.1) is 25.2 Å². The molecule has 0 aromatic heterocycles. The van der Waals surface area contributed by atoms with E-state index in [9.17, 15) is 53.1 Å². The summed E-state index contributed by atoms with van der Waals surface area (Å²) in [4.78, 5) is 135. The van der Waals surface area contributed by atoms with E-state index in [0.29, 0.717) is 24.8 Å². The van der Waals surface area contributed by atoms with Crippen molar-refractivity contribution >= 4 is 80.7 Å². The monoisotopic (exact) mass is 978 g/mol. The van der Waals surface area contributed by atoms with Gasteiger partial charge < -0.3 is 64.8 Å². The fraction of sp³-hybridized carbons (Fsp3) is 0.619. The summed E-state index contributed by atoms with van der Waals surface area (Å²) in [6, 6.07) is -3.61. The van der Waals surface area contributed by atoms with E-state index in [2.05, 4.69) is 37.2 Å². The van der Waals surface area contributed by atoms with E-state index < -0.39 is 126 Å². The second kappa shape index (κ2) is 27.2. The minimum atomic E-state index is -1.72. The van der Waals surface area contributed by atoms with Gasteiger partial charge in [0.25, 0.3) is 0 Å². The fourth-order valence-electron chi connectivity index (χ4n) is 7.23. The van der Waals surface area contributed by atoms with Crippen molar-refractivity contribution in [2.24, 2.45) is 34.8 Å². The zero-order valence-corrected chi connectivity index (χ0v) is 39.8. The van der Waals surface area contributed by atoms with Gasteiger partial charge in [0, 0.05) is 30.9 Å². The Morgan fingerprint density at radius 3 is 2.01 bits per heavy atom. The van der Waals surface area contributed by atoms with E-state index in [4.69, 9.17) is 22.9 Å². The van der Waals surface area contributed by atoms with Crippen LogP contribution in [-0.4, -0.2) is 142 Å². The Morgan fingerprint density at radius 1 is 0.791 bits per heavy atom. The number of nitrogens with one attached hydrogen (secondary N) is 7. The van der Waals surface area contributed by atoms with Gasteiger partial charge in [0.15, 0.2) is 0 Å². The maximum atomic E-state index is 14.4. The molecule has 67 heavy (non-hydrogen) atoms.